The molecule has 0 aliphatic carbocycles. The van der Waals surface area contributed by atoms with Crippen LogP contribution in [-0.4, -0.2) is 21.8 Å². The smallest absolute Gasteiger partial charge is 0.0921 e. The first-order chi connectivity index (χ1) is 8.34. The third-order valence-electron chi connectivity index (χ3n) is 2.45. The Morgan fingerprint density at radius 3 is 2.88 bits per heavy atom. The van der Waals surface area contributed by atoms with Crippen molar-refractivity contribution in [2.75, 3.05) is 11.9 Å². The quantitative estimate of drug-likeness (QED) is 0.824. The molecular formula is C13H17N3S. The number of aromatic nitrogens is 2. The lowest BCUT2D eigenvalue weighted by molar-refractivity contribution is 0.996. The predicted octanol–water partition coefficient (Wildman–Crippen LogP) is 3.14. The molecule has 0 amide bonds. The van der Waals surface area contributed by atoms with E-state index in [-0.39, 0.29) is 0 Å². The van der Waals surface area contributed by atoms with Gasteiger partial charge in [0.05, 0.1) is 6.33 Å². The molecular weight excluding hydrogens is 230 g/mol. The number of H-pyrrole nitrogens is 1. The number of anilines is 1. The largest absolute Gasteiger partial charge is 0.384 e. The zero-order chi connectivity index (χ0) is 11.9. The highest BCUT2D eigenvalue weighted by molar-refractivity contribution is 7.99. The van der Waals surface area contributed by atoms with Gasteiger partial charge in [-0.25, -0.2) is 4.98 Å². The van der Waals surface area contributed by atoms with Gasteiger partial charge in [0.2, 0.25) is 0 Å². The van der Waals surface area contributed by atoms with Crippen LogP contribution in [0.4, 0.5) is 5.69 Å². The Hall–Kier alpha value is -1.42. The van der Waals surface area contributed by atoms with Crippen LogP contribution in [0.3, 0.4) is 0 Å². The summed E-state index contributed by atoms with van der Waals surface area (Å²) < 4.78 is 0. The number of rotatable bonds is 6. The number of thioether (sulfide) groups is 1. The number of hydrogen-bond donors (Lipinski definition) is 2. The van der Waals surface area contributed by atoms with Crippen molar-refractivity contribution < 1.29 is 0 Å². The van der Waals surface area contributed by atoms with Crippen LogP contribution in [0, 0.1) is 0 Å². The Morgan fingerprint density at radius 1 is 1.35 bits per heavy atom. The van der Waals surface area contributed by atoms with Gasteiger partial charge < -0.3 is 10.3 Å². The summed E-state index contributed by atoms with van der Waals surface area (Å²) in [4.78, 5) is 7.12. The van der Waals surface area contributed by atoms with Gasteiger partial charge in [-0.05, 0) is 12.1 Å². The molecule has 1 aromatic heterocycles. The van der Waals surface area contributed by atoms with Crippen molar-refractivity contribution in [3.63, 3.8) is 0 Å². The topological polar surface area (TPSA) is 40.7 Å². The molecule has 0 fully saturated rings. The van der Waals surface area contributed by atoms with Crippen molar-refractivity contribution in [1.82, 2.24) is 9.97 Å². The summed E-state index contributed by atoms with van der Waals surface area (Å²) in [6.07, 6.45) is 3.60. The first-order valence-corrected chi connectivity index (χ1v) is 6.77. The molecule has 0 bridgehead atoms. The molecule has 90 valence electrons. The third-order valence-corrected chi connectivity index (χ3v) is 3.66. The van der Waals surface area contributed by atoms with Crippen LogP contribution in [0.2, 0.25) is 0 Å². The molecule has 0 aliphatic heterocycles. The van der Waals surface area contributed by atoms with E-state index < -0.39 is 0 Å². The highest BCUT2D eigenvalue weighted by Crippen LogP contribution is 2.16. The van der Waals surface area contributed by atoms with Gasteiger partial charge in [-0.1, -0.05) is 25.1 Å². The monoisotopic (exact) mass is 247 g/mol. The van der Waals surface area contributed by atoms with Crippen molar-refractivity contribution in [3.8, 4) is 0 Å². The summed E-state index contributed by atoms with van der Waals surface area (Å²) >= 11 is 1.92. The number of aromatic amines is 1. The maximum absolute atomic E-state index is 4.01. The van der Waals surface area contributed by atoms with Gasteiger partial charge in [-0.3, -0.25) is 0 Å². The molecule has 1 aromatic carbocycles. The van der Waals surface area contributed by atoms with Gasteiger partial charge in [-0.15, -0.1) is 0 Å². The van der Waals surface area contributed by atoms with E-state index in [9.17, 15) is 0 Å². The van der Waals surface area contributed by atoms with Gasteiger partial charge in [0.1, 0.15) is 0 Å². The normalized spacial score (nSPS) is 12.3. The minimum atomic E-state index is 0.568. The van der Waals surface area contributed by atoms with Crippen molar-refractivity contribution >= 4 is 17.4 Å². The van der Waals surface area contributed by atoms with Crippen molar-refractivity contribution in [2.45, 2.75) is 17.9 Å². The van der Waals surface area contributed by atoms with E-state index in [4.69, 9.17) is 0 Å². The number of nitrogens with zero attached hydrogens (tertiary/aromatic N) is 1. The molecule has 2 aromatic rings. The van der Waals surface area contributed by atoms with Crippen LogP contribution >= 0.6 is 11.8 Å². The van der Waals surface area contributed by atoms with Crippen LogP contribution in [0.25, 0.3) is 0 Å². The van der Waals surface area contributed by atoms with E-state index in [1.54, 1.807) is 6.33 Å². The lowest BCUT2D eigenvalue weighted by atomic mass is 10.3. The highest BCUT2D eigenvalue weighted by Gasteiger charge is 2.03. The predicted molar refractivity (Wildman–Crippen MR) is 74.3 cm³/mol. The Labute approximate surface area is 106 Å². The molecule has 1 heterocycles. The van der Waals surface area contributed by atoms with Crippen LogP contribution in [0.1, 0.15) is 12.6 Å². The Morgan fingerprint density at radius 2 is 2.18 bits per heavy atom. The summed E-state index contributed by atoms with van der Waals surface area (Å²) in [6.45, 7) is 3.21. The van der Waals surface area contributed by atoms with Gasteiger partial charge in [-0.2, -0.15) is 11.8 Å². The zero-order valence-corrected chi connectivity index (χ0v) is 10.7. The summed E-state index contributed by atoms with van der Waals surface area (Å²) in [7, 11) is 0. The maximum atomic E-state index is 4.01. The summed E-state index contributed by atoms with van der Waals surface area (Å²) in [5, 5.41) is 4.00. The fourth-order valence-corrected chi connectivity index (χ4v) is 2.30. The molecule has 4 heteroatoms. The highest BCUT2D eigenvalue weighted by atomic mass is 32.2. The van der Waals surface area contributed by atoms with E-state index in [0.717, 1.165) is 12.3 Å². The van der Waals surface area contributed by atoms with Crippen LogP contribution in [0.15, 0.2) is 42.9 Å². The number of hydrogen-bond acceptors (Lipinski definition) is 3. The van der Waals surface area contributed by atoms with E-state index >= 15 is 0 Å². The second-order valence-electron chi connectivity index (χ2n) is 3.95. The number of para-hydroxylation sites is 1. The second kappa shape index (κ2) is 6.35. The average molecular weight is 247 g/mol. The number of benzene rings is 1. The molecule has 1 unspecified atom stereocenters. The molecule has 0 radical (unpaired) electrons. The van der Waals surface area contributed by atoms with E-state index in [1.165, 1.54) is 11.4 Å². The van der Waals surface area contributed by atoms with Crippen molar-refractivity contribution in [3.05, 3.63) is 48.5 Å². The summed E-state index contributed by atoms with van der Waals surface area (Å²) in [6, 6.07) is 10.3. The van der Waals surface area contributed by atoms with Crippen LogP contribution < -0.4 is 5.32 Å². The first-order valence-electron chi connectivity index (χ1n) is 5.72. The van der Waals surface area contributed by atoms with E-state index in [1.807, 2.05) is 36.2 Å². The molecule has 3 nitrogen and oxygen atoms in total. The van der Waals surface area contributed by atoms with Gasteiger partial charge in [0.25, 0.3) is 0 Å². The lowest BCUT2D eigenvalue weighted by Crippen LogP contribution is -2.13. The molecule has 2 N–H and O–H groups in total. The van der Waals surface area contributed by atoms with E-state index in [0.29, 0.717) is 5.25 Å². The van der Waals surface area contributed by atoms with Gasteiger partial charge in [0.15, 0.2) is 0 Å². The minimum Gasteiger partial charge on any atom is -0.384 e. The maximum Gasteiger partial charge on any atom is 0.0921 e. The molecule has 0 saturated heterocycles. The fraction of sp³-hybridized carbons (Fsp3) is 0.308. The summed E-state index contributed by atoms with van der Waals surface area (Å²) in [5.41, 5.74) is 2.36. The fourth-order valence-electron chi connectivity index (χ4n) is 1.47. The summed E-state index contributed by atoms with van der Waals surface area (Å²) in [5.74, 6) is 0.984. The van der Waals surface area contributed by atoms with Crippen LogP contribution in [0.5, 0.6) is 0 Å². The molecule has 0 saturated carbocycles. The third kappa shape index (κ3) is 4.15. The number of nitrogens with one attached hydrogen (secondary N) is 2. The molecule has 0 spiro atoms. The minimum absolute atomic E-state index is 0.568. The molecule has 1 atom stereocenters. The van der Waals surface area contributed by atoms with Gasteiger partial charge >= 0.3 is 0 Å². The SMILES string of the molecule is CC(CNc1ccccc1)SCc1cnc[nH]1. The van der Waals surface area contributed by atoms with Crippen LogP contribution in [-0.2, 0) is 5.75 Å². The Balaban J connectivity index is 1.69. The standard InChI is InChI=1S/C13H17N3S/c1-11(17-9-13-8-14-10-16-13)7-15-12-5-3-2-4-6-12/h2-6,8,10-11,15H,7,9H2,1H3,(H,14,16). The van der Waals surface area contributed by atoms with Gasteiger partial charge in [0, 0.05) is 35.1 Å². The molecule has 0 aliphatic rings. The first kappa shape index (κ1) is 12.0. The number of imidazole rings is 1. The van der Waals surface area contributed by atoms with Crippen molar-refractivity contribution in [1.29, 1.82) is 0 Å². The second-order valence-corrected chi connectivity index (χ2v) is 5.37. The molecule has 2 rings (SSSR count). The van der Waals surface area contributed by atoms with E-state index in [2.05, 4.69) is 34.3 Å². The average Bonchev–Trinajstić information content (AvgIpc) is 2.88. The van der Waals surface area contributed by atoms with Crippen molar-refractivity contribution in [2.24, 2.45) is 0 Å². The Bertz CT molecular complexity index is 413. The molecule has 17 heavy (non-hydrogen) atoms. The zero-order valence-electron chi connectivity index (χ0n) is 9.89. The Kier molecular flexibility index (Phi) is 4.50. The lowest BCUT2D eigenvalue weighted by Gasteiger charge is -2.12.